The number of carbonyl (C=O) groups is 1. The van der Waals surface area contributed by atoms with E-state index in [0.717, 1.165) is 31.9 Å². The number of aryl methyl sites for hydroxylation is 1. The third kappa shape index (κ3) is 3.84. The summed E-state index contributed by atoms with van der Waals surface area (Å²) in [5.74, 6) is 0.404. The summed E-state index contributed by atoms with van der Waals surface area (Å²) in [4.78, 5) is 25.2. The second kappa shape index (κ2) is 6.75. The summed E-state index contributed by atoms with van der Waals surface area (Å²) in [6.45, 7) is 5.30. The van der Waals surface area contributed by atoms with E-state index >= 15 is 0 Å². The molecule has 1 aromatic carbocycles. The summed E-state index contributed by atoms with van der Waals surface area (Å²) in [5, 5.41) is 3.14. The van der Waals surface area contributed by atoms with Gasteiger partial charge in [0.25, 0.3) is 5.91 Å². The Morgan fingerprint density at radius 2 is 1.78 bits per heavy atom. The molecule has 0 atom stereocenters. The van der Waals surface area contributed by atoms with Crippen LogP contribution in [0.3, 0.4) is 0 Å². The zero-order chi connectivity index (χ0) is 16.2. The molecular weight excluding hydrogens is 290 g/mol. The quantitative estimate of drug-likeness (QED) is 0.938. The highest BCUT2D eigenvalue weighted by atomic mass is 16.2. The van der Waals surface area contributed by atoms with Crippen molar-refractivity contribution >= 4 is 17.5 Å². The van der Waals surface area contributed by atoms with Crippen LogP contribution in [0.25, 0.3) is 0 Å². The number of amides is 1. The fourth-order valence-electron chi connectivity index (χ4n) is 2.48. The summed E-state index contributed by atoms with van der Waals surface area (Å²) >= 11 is 0. The lowest BCUT2D eigenvalue weighted by atomic mass is 10.2. The van der Waals surface area contributed by atoms with Crippen molar-refractivity contribution in [3.8, 4) is 0 Å². The second-order valence-corrected chi connectivity index (χ2v) is 5.85. The van der Waals surface area contributed by atoms with Crippen LogP contribution in [0.4, 0.5) is 11.6 Å². The van der Waals surface area contributed by atoms with E-state index in [2.05, 4.69) is 27.2 Å². The molecule has 2 heterocycles. The zero-order valence-electron chi connectivity index (χ0n) is 13.5. The summed E-state index contributed by atoms with van der Waals surface area (Å²) in [5.41, 5.74) is 2.52. The molecule has 6 heteroatoms. The van der Waals surface area contributed by atoms with E-state index in [1.807, 2.05) is 36.1 Å². The molecule has 0 radical (unpaired) electrons. The number of carbonyl (C=O) groups excluding carboxylic acids is 1. The number of aromatic nitrogens is 2. The average Bonchev–Trinajstić information content (AvgIpc) is 2.57. The first kappa shape index (κ1) is 15.4. The zero-order valence-corrected chi connectivity index (χ0v) is 13.5. The minimum absolute atomic E-state index is 0.0348. The molecule has 1 N–H and O–H groups in total. The largest absolute Gasteiger partial charge is 0.335 e. The van der Waals surface area contributed by atoms with Crippen LogP contribution in [0.15, 0.2) is 36.5 Å². The predicted octanol–water partition coefficient (Wildman–Crippen LogP) is 1.92. The SMILES string of the molecule is Cc1ccc(Nc2nccc(C(=O)N3CCN(C)CC3)n2)cc1. The van der Waals surface area contributed by atoms with Crippen LogP contribution < -0.4 is 5.32 Å². The number of nitrogens with zero attached hydrogens (tertiary/aromatic N) is 4. The van der Waals surface area contributed by atoms with E-state index in [-0.39, 0.29) is 5.91 Å². The molecule has 0 bridgehead atoms. The van der Waals surface area contributed by atoms with Crippen molar-refractivity contribution in [3.05, 3.63) is 47.8 Å². The van der Waals surface area contributed by atoms with Gasteiger partial charge in [0.1, 0.15) is 5.69 Å². The lowest BCUT2D eigenvalue weighted by Gasteiger charge is -2.32. The van der Waals surface area contributed by atoms with Crippen LogP contribution in [0.2, 0.25) is 0 Å². The first-order chi connectivity index (χ1) is 11.1. The van der Waals surface area contributed by atoms with Crippen molar-refractivity contribution in [2.24, 2.45) is 0 Å². The van der Waals surface area contributed by atoms with Gasteiger partial charge < -0.3 is 15.1 Å². The number of likely N-dealkylation sites (N-methyl/N-ethyl adjacent to an activating group) is 1. The Morgan fingerprint density at radius 1 is 1.09 bits per heavy atom. The molecule has 2 aromatic rings. The highest BCUT2D eigenvalue weighted by Gasteiger charge is 2.21. The third-order valence-electron chi connectivity index (χ3n) is 3.97. The molecule has 23 heavy (non-hydrogen) atoms. The number of hydrogen-bond acceptors (Lipinski definition) is 5. The number of piperazine rings is 1. The second-order valence-electron chi connectivity index (χ2n) is 5.85. The van der Waals surface area contributed by atoms with E-state index < -0.39 is 0 Å². The molecule has 1 aliphatic rings. The minimum Gasteiger partial charge on any atom is -0.335 e. The number of nitrogens with one attached hydrogen (secondary N) is 1. The first-order valence-electron chi connectivity index (χ1n) is 7.76. The summed E-state index contributed by atoms with van der Waals surface area (Å²) < 4.78 is 0. The van der Waals surface area contributed by atoms with Crippen LogP contribution in [-0.2, 0) is 0 Å². The van der Waals surface area contributed by atoms with Gasteiger partial charge in [0.05, 0.1) is 0 Å². The monoisotopic (exact) mass is 311 g/mol. The number of rotatable bonds is 3. The van der Waals surface area contributed by atoms with E-state index in [4.69, 9.17) is 0 Å². The first-order valence-corrected chi connectivity index (χ1v) is 7.76. The maximum atomic E-state index is 12.5. The molecule has 0 unspecified atom stereocenters. The van der Waals surface area contributed by atoms with Crippen molar-refractivity contribution in [3.63, 3.8) is 0 Å². The smallest absolute Gasteiger partial charge is 0.272 e. The van der Waals surface area contributed by atoms with Crippen molar-refractivity contribution in [1.82, 2.24) is 19.8 Å². The van der Waals surface area contributed by atoms with Crippen LogP contribution in [0.1, 0.15) is 16.1 Å². The van der Waals surface area contributed by atoms with Crippen LogP contribution in [0.5, 0.6) is 0 Å². The molecule has 0 saturated carbocycles. The maximum Gasteiger partial charge on any atom is 0.272 e. The van der Waals surface area contributed by atoms with Crippen molar-refractivity contribution < 1.29 is 4.79 Å². The minimum atomic E-state index is -0.0348. The normalized spacial score (nSPS) is 15.5. The Morgan fingerprint density at radius 3 is 2.48 bits per heavy atom. The molecule has 1 saturated heterocycles. The van der Waals surface area contributed by atoms with E-state index in [0.29, 0.717) is 11.6 Å². The third-order valence-corrected chi connectivity index (χ3v) is 3.97. The maximum absolute atomic E-state index is 12.5. The number of benzene rings is 1. The Labute approximate surface area is 136 Å². The molecule has 0 spiro atoms. The highest BCUT2D eigenvalue weighted by Crippen LogP contribution is 2.14. The molecular formula is C17H21N5O. The van der Waals surface area contributed by atoms with Gasteiger partial charge in [-0.15, -0.1) is 0 Å². The molecule has 3 rings (SSSR count). The van der Waals surface area contributed by atoms with Crippen molar-refractivity contribution in [1.29, 1.82) is 0 Å². The molecule has 1 aliphatic heterocycles. The van der Waals surface area contributed by atoms with Gasteiger partial charge in [-0.3, -0.25) is 4.79 Å². The van der Waals surface area contributed by atoms with Gasteiger partial charge in [0, 0.05) is 38.1 Å². The van der Waals surface area contributed by atoms with Gasteiger partial charge in [-0.2, -0.15) is 0 Å². The number of anilines is 2. The summed E-state index contributed by atoms with van der Waals surface area (Å²) in [6.07, 6.45) is 1.62. The van der Waals surface area contributed by atoms with Gasteiger partial charge in [0.2, 0.25) is 5.95 Å². The molecule has 0 aliphatic carbocycles. The molecule has 1 fully saturated rings. The van der Waals surface area contributed by atoms with Gasteiger partial charge in [-0.25, -0.2) is 9.97 Å². The van der Waals surface area contributed by atoms with E-state index in [9.17, 15) is 4.79 Å². The van der Waals surface area contributed by atoms with Gasteiger partial charge >= 0.3 is 0 Å². The highest BCUT2D eigenvalue weighted by molar-refractivity contribution is 5.92. The van der Waals surface area contributed by atoms with E-state index in [1.54, 1.807) is 12.3 Å². The Bertz CT molecular complexity index is 678. The fraction of sp³-hybridized carbons (Fsp3) is 0.353. The van der Waals surface area contributed by atoms with Gasteiger partial charge in [0.15, 0.2) is 0 Å². The number of hydrogen-bond donors (Lipinski definition) is 1. The summed E-state index contributed by atoms with van der Waals surface area (Å²) in [6, 6.07) is 9.63. The van der Waals surface area contributed by atoms with Gasteiger partial charge in [-0.1, -0.05) is 17.7 Å². The van der Waals surface area contributed by atoms with E-state index in [1.165, 1.54) is 5.56 Å². The Hall–Kier alpha value is -2.47. The Kier molecular flexibility index (Phi) is 4.52. The summed E-state index contributed by atoms with van der Waals surface area (Å²) in [7, 11) is 2.07. The lowest BCUT2D eigenvalue weighted by molar-refractivity contribution is 0.0658. The van der Waals surface area contributed by atoms with Crippen molar-refractivity contribution in [2.45, 2.75) is 6.92 Å². The van der Waals surface area contributed by atoms with Gasteiger partial charge in [-0.05, 0) is 32.2 Å². The molecule has 1 amide bonds. The molecule has 1 aromatic heterocycles. The average molecular weight is 311 g/mol. The Balaban J connectivity index is 1.71. The predicted molar refractivity (Wildman–Crippen MR) is 89.9 cm³/mol. The fourth-order valence-corrected chi connectivity index (χ4v) is 2.48. The van der Waals surface area contributed by atoms with Crippen LogP contribution >= 0.6 is 0 Å². The topological polar surface area (TPSA) is 61.4 Å². The lowest BCUT2D eigenvalue weighted by Crippen LogP contribution is -2.47. The van der Waals surface area contributed by atoms with Crippen LogP contribution in [0, 0.1) is 6.92 Å². The van der Waals surface area contributed by atoms with Crippen LogP contribution in [-0.4, -0.2) is 58.9 Å². The molecule has 6 nitrogen and oxygen atoms in total. The standard InChI is InChI=1S/C17H21N5O/c1-13-3-5-14(6-4-13)19-17-18-8-7-15(20-17)16(23)22-11-9-21(2)10-12-22/h3-8H,9-12H2,1-2H3,(H,18,19,20). The molecule has 120 valence electrons. The van der Waals surface area contributed by atoms with Crippen molar-refractivity contribution in [2.75, 3.05) is 38.5 Å².